The molecule has 2 fully saturated rings. The first-order valence-corrected chi connectivity index (χ1v) is 7.84. The van der Waals surface area contributed by atoms with Gasteiger partial charge in [-0.3, -0.25) is 4.79 Å². The molecule has 1 amide bonds. The van der Waals surface area contributed by atoms with E-state index in [2.05, 4.69) is 24.5 Å². The van der Waals surface area contributed by atoms with Crippen LogP contribution < -0.4 is 10.6 Å². The van der Waals surface area contributed by atoms with Crippen molar-refractivity contribution in [3.8, 4) is 0 Å². The maximum absolute atomic E-state index is 12.3. The summed E-state index contributed by atoms with van der Waals surface area (Å²) in [6.45, 7) is 6.09. The van der Waals surface area contributed by atoms with Crippen molar-refractivity contribution in [1.82, 2.24) is 10.6 Å². The van der Waals surface area contributed by atoms with Crippen LogP contribution in [0.1, 0.15) is 39.5 Å². The van der Waals surface area contributed by atoms with Crippen LogP contribution in [0.2, 0.25) is 0 Å². The number of amides is 1. The van der Waals surface area contributed by atoms with Crippen LogP contribution in [0.5, 0.6) is 0 Å². The van der Waals surface area contributed by atoms with Crippen molar-refractivity contribution < 1.29 is 4.79 Å². The Kier molecular flexibility index (Phi) is 4.36. The van der Waals surface area contributed by atoms with Gasteiger partial charge in [0.15, 0.2) is 0 Å². The zero-order valence-electron chi connectivity index (χ0n) is 10.9. The number of nitrogens with one attached hydrogen (secondary N) is 2. The molecule has 0 radical (unpaired) electrons. The van der Waals surface area contributed by atoms with Gasteiger partial charge in [-0.05, 0) is 38.5 Å². The highest BCUT2D eigenvalue weighted by atomic mass is 32.2. The number of carbonyl (C=O) groups is 1. The minimum atomic E-state index is -0.177. The lowest BCUT2D eigenvalue weighted by Gasteiger charge is -2.27. The Hall–Kier alpha value is -0.220. The Morgan fingerprint density at radius 3 is 3.00 bits per heavy atom. The highest BCUT2D eigenvalue weighted by molar-refractivity contribution is 7.99. The molecule has 4 heteroatoms. The summed E-state index contributed by atoms with van der Waals surface area (Å²) in [6, 6.07) is 0.407. The van der Waals surface area contributed by atoms with Crippen molar-refractivity contribution >= 4 is 17.7 Å². The Labute approximate surface area is 108 Å². The van der Waals surface area contributed by atoms with Crippen molar-refractivity contribution in [1.29, 1.82) is 0 Å². The summed E-state index contributed by atoms with van der Waals surface area (Å²) in [6.07, 6.45) is 4.65. The van der Waals surface area contributed by atoms with E-state index in [0.29, 0.717) is 11.3 Å². The van der Waals surface area contributed by atoms with Crippen LogP contribution in [-0.2, 0) is 4.79 Å². The van der Waals surface area contributed by atoms with Gasteiger partial charge in [-0.1, -0.05) is 13.3 Å². The van der Waals surface area contributed by atoms with Gasteiger partial charge < -0.3 is 10.6 Å². The van der Waals surface area contributed by atoms with Crippen molar-refractivity contribution in [2.75, 3.05) is 18.8 Å². The lowest BCUT2D eigenvalue weighted by Crippen LogP contribution is -2.47. The third-order valence-corrected chi connectivity index (χ3v) is 5.39. The molecule has 1 saturated heterocycles. The molecule has 0 aromatic carbocycles. The molecule has 1 aliphatic carbocycles. The van der Waals surface area contributed by atoms with Crippen molar-refractivity contribution in [3.63, 3.8) is 0 Å². The normalized spacial score (nSPS) is 37.3. The molecule has 3 nitrogen and oxygen atoms in total. The van der Waals surface area contributed by atoms with Crippen LogP contribution in [0.3, 0.4) is 0 Å². The third-order valence-electron chi connectivity index (χ3n) is 4.07. The number of rotatable bonds is 4. The van der Waals surface area contributed by atoms with Gasteiger partial charge in [0, 0.05) is 17.8 Å². The van der Waals surface area contributed by atoms with Gasteiger partial charge in [-0.25, -0.2) is 0 Å². The predicted octanol–water partition coefficient (Wildman–Crippen LogP) is 1.78. The predicted molar refractivity (Wildman–Crippen MR) is 73.3 cm³/mol. The zero-order chi connectivity index (χ0) is 12.3. The van der Waals surface area contributed by atoms with Crippen LogP contribution in [0, 0.1) is 5.41 Å². The lowest BCUT2D eigenvalue weighted by atomic mass is 9.88. The summed E-state index contributed by atoms with van der Waals surface area (Å²) in [7, 11) is 0. The van der Waals surface area contributed by atoms with Crippen LogP contribution in [0.25, 0.3) is 0 Å². The summed E-state index contributed by atoms with van der Waals surface area (Å²) >= 11 is 2.00. The van der Waals surface area contributed by atoms with Gasteiger partial charge >= 0.3 is 0 Å². The van der Waals surface area contributed by atoms with Crippen LogP contribution in [0.4, 0.5) is 0 Å². The average molecular weight is 256 g/mol. The first-order chi connectivity index (χ1) is 8.15. The Bertz CT molecular complexity index is 277. The molecule has 98 valence electrons. The first kappa shape index (κ1) is 13.2. The quantitative estimate of drug-likeness (QED) is 0.805. The molecule has 2 N–H and O–H groups in total. The van der Waals surface area contributed by atoms with Crippen LogP contribution >= 0.6 is 11.8 Å². The van der Waals surface area contributed by atoms with Gasteiger partial charge in [-0.15, -0.1) is 0 Å². The zero-order valence-corrected chi connectivity index (χ0v) is 11.7. The van der Waals surface area contributed by atoms with Crippen molar-refractivity contribution in [2.24, 2.45) is 5.41 Å². The lowest BCUT2D eigenvalue weighted by molar-refractivity contribution is -0.129. The summed E-state index contributed by atoms with van der Waals surface area (Å²) in [5.74, 6) is 1.41. The van der Waals surface area contributed by atoms with E-state index >= 15 is 0 Å². The minimum absolute atomic E-state index is 0.177. The van der Waals surface area contributed by atoms with E-state index in [1.807, 2.05) is 11.8 Å². The molecule has 3 atom stereocenters. The van der Waals surface area contributed by atoms with E-state index in [4.69, 9.17) is 0 Å². The van der Waals surface area contributed by atoms with Crippen LogP contribution in [0.15, 0.2) is 0 Å². The highest BCUT2D eigenvalue weighted by Crippen LogP contribution is 2.31. The fourth-order valence-electron chi connectivity index (χ4n) is 2.86. The second-order valence-electron chi connectivity index (χ2n) is 5.49. The van der Waals surface area contributed by atoms with Gasteiger partial charge in [0.1, 0.15) is 0 Å². The largest absolute Gasteiger partial charge is 0.352 e. The minimum Gasteiger partial charge on any atom is -0.352 e. The molecule has 2 aliphatic rings. The Balaban J connectivity index is 1.89. The fraction of sp³-hybridized carbons (Fsp3) is 0.923. The van der Waals surface area contributed by atoms with Gasteiger partial charge in [0.25, 0.3) is 0 Å². The second kappa shape index (κ2) is 5.61. The highest BCUT2D eigenvalue weighted by Gasteiger charge is 2.39. The SMILES string of the molecule is CCSC1CCCC1NC(=O)C1(C)CCNC1. The third kappa shape index (κ3) is 2.97. The average Bonchev–Trinajstić information content (AvgIpc) is 2.90. The van der Waals surface area contributed by atoms with E-state index in [0.717, 1.165) is 31.7 Å². The van der Waals surface area contributed by atoms with Crippen LogP contribution in [-0.4, -0.2) is 36.0 Å². The van der Waals surface area contributed by atoms with E-state index < -0.39 is 0 Å². The molecular formula is C13H24N2OS. The standard InChI is InChI=1S/C13H24N2OS/c1-3-17-11-6-4-5-10(11)15-12(16)13(2)7-8-14-9-13/h10-11,14H,3-9H2,1-2H3,(H,15,16). The smallest absolute Gasteiger partial charge is 0.227 e. The second-order valence-corrected chi connectivity index (χ2v) is 7.01. The molecule has 0 aromatic rings. The molecule has 1 saturated carbocycles. The van der Waals surface area contributed by atoms with E-state index in [9.17, 15) is 4.79 Å². The molecule has 1 aliphatic heterocycles. The molecule has 0 aromatic heterocycles. The van der Waals surface area contributed by atoms with Crippen molar-refractivity contribution in [3.05, 3.63) is 0 Å². The Morgan fingerprint density at radius 2 is 2.35 bits per heavy atom. The van der Waals surface area contributed by atoms with Gasteiger partial charge in [0.05, 0.1) is 5.41 Å². The molecular weight excluding hydrogens is 232 g/mol. The summed E-state index contributed by atoms with van der Waals surface area (Å²) in [5.41, 5.74) is -0.177. The van der Waals surface area contributed by atoms with E-state index in [1.165, 1.54) is 12.8 Å². The summed E-state index contributed by atoms with van der Waals surface area (Å²) < 4.78 is 0. The summed E-state index contributed by atoms with van der Waals surface area (Å²) in [4.78, 5) is 12.3. The summed E-state index contributed by atoms with van der Waals surface area (Å²) in [5, 5.41) is 7.23. The first-order valence-electron chi connectivity index (χ1n) is 6.79. The monoisotopic (exact) mass is 256 g/mol. The Morgan fingerprint density at radius 1 is 1.53 bits per heavy atom. The maximum Gasteiger partial charge on any atom is 0.227 e. The number of hydrogen-bond donors (Lipinski definition) is 2. The van der Waals surface area contributed by atoms with Crippen molar-refractivity contribution in [2.45, 2.75) is 50.8 Å². The van der Waals surface area contributed by atoms with Gasteiger partial charge in [-0.2, -0.15) is 11.8 Å². The fourth-order valence-corrected chi connectivity index (χ4v) is 4.06. The number of carbonyl (C=O) groups excluding carboxylic acids is 1. The topological polar surface area (TPSA) is 41.1 Å². The number of thioether (sulfide) groups is 1. The van der Waals surface area contributed by atoms with E-state index in [1.54, 1.807) is 0 Å². The molecule has 0 bridgehead atoms. The van der Waals surface area contributed by atoms with E-state index in [-0.39, 0.29) is 11.3 Å². The molecule has 3 unspecified atom stereocenters. The maximum atomic E-state index is 12.3. The number of hydrogen-bond acceptors (Lipinski definition) is 3. The molecule has 1 heterocycles. The molecule has 2 rings (SSSR count). The van der Waals surface area contributed by atoms with Gasteiger partial charge in [0.2, 0.25) is 5.91 Å². The molecule has 0 spiro atoms. The molecule has 17 heavy (non-hydrogen) atoms.